The van der Waals surface area contributed by atoms with Gasteiger partial charge in [-0.15, -0.1) is 0 Å². The summed E-state index contributed by atoms with van der Waals surface area (Å²) < 4.78 is 22.6. The first-order valence-corrected chi connectivity index (χ1v) is 8.27. The summed E-state index contributed by atoms with van der Waals surface area (Å²) >= 11 is 3.54. The zero-order valence-corrected chi connectivity index (χ0v) is 12.6. The highest BCUT2D eigenvalue weighted by atomic mass is 79.9. The summed E-state index contributed by atoms with van der Waals surface area (Å²) in [4.78, 5) is 0.496. The molecular formula is C11H23BrO2S. The van der Waals surface area contributed by atoms with Gasteiger partial charge in [0, 0.05) is 10.6 Å². The molecule has 0 saturated carbocycles. The van der Waals surface area contributed by atoms with E-state index in [1.807, 2.05) is 0 Å². The Morgan fingerprint density at radius 2 is 1.87 bits per heavy atom. The van der Waals surface area contributed by atoms with Crippen LogP contribution in [0.3, 0.4) is 0 Å². The zero-order valence-electron chi connectivity index (χ0n) is 10.2. The standard InChI is InChI=1S/C11H23BrO2S/c1-5-15(13,14)8-6-7-11(3,4)9-10(2)12/h10H,5-9H2,1-4H3. The fourth-order valence-corrected chi connectivity index (χ4v) is 3.53. The van der Waals surface area contributed by atoms with Crippen LogP contribution in [0.1, 0.15) is 47.0 Å². The molecule has 15 heavy (non-hydrogen) atoms. The lowest BCUT2D eigenvalue weighted by molar-refractivity contribution is 0.307. The molecule has 0 aromatic rings. The van der Waals surface area contributed by atoms with E-state index < -0.39 is 9.84 Å². The summed E-state index contributed by atoms with van der Waals surface area (Å²) in [5.74, 6) is 0.603. The molecule has 1 unspecified atom stereocenters. The maximum Gasteiger partial charge on any atom is 0.150 e. The molecule has 0 aliphatic rings. The second kappa shape index (κ2) is 6.24. The van der Waals surface area contributed by atoms with Crippen LogP contribution in [0.2, 0.25) is 0 Å². The summed E-state index contributed by atoms with van der Waals surface area (Å²) in [6.45, 7) is 8.23. The van der Waals surface area contributed by atoms with E-state index in [0.717, 1.165) is 19.3 Å². The van der Waals surface area contributed by atoms with Gasteiger partial charge in [0.2, 0.25) is 0 Å². The van der Waals surface area contributed by atoms with Crippen molar-refractivity contribution in [3.05, 3.63) is 0 Å². The lowest BCUT2D eigenvalue weighted by Crippen LogP contribution is -2.18. The third-order valence-corrected chi connectivity index (χ3v) is 4.70. The van der Waals surface area contributed by atoms with E-state index in [4.69, 9.17) is 0 Å². The lowest BCUT2D eigenvalue weighted by atomic mass is 9.84. The van der Waals surface area contributed by atoms with Crippen molar-refractivity contribution in [3.8, 4) is 0 Å². The minimum atomic E-state index is -2.78. The van der Waals surface area contributed by atoms with Crippen LogP contribution in [0.15, 0.2) is 0 Å². The van der Waals surface area contributed by atoms with Gasteiger partial charge in [0.1, 0.15) is 9.84 Å². The average Bonchev–Trinajstić information content (AvgIpc) is 2.00. The van der Waals surface area contributed by atoms with Crippen molar-refractivity contribution in [1.29, 1.82) is 0 Å². The molecule has 1 atom stereocenters. The Bertz CT molecular complexity index is 268. The second-order valence-corrected chi connectivity index (χ2v) is 9.02. The van der Waals surface area contributed by atoms with Crippen molar-refractivity contribution in [3.63, 3.8) is 0 Å². The Hall–Kier alpha value is 0.430. The van der Waals surface area contributed by atoms with Gasteiger partial charge < -0.3 is 0 Å². The highest BCUT2D eigenvalue weighted by Crippen LogP contribution is 2.30. The molecule has 0 amide bonds. The van der Waals surface area contributed by atoms with Crippen molar-refractivity contribution in [2.75, 3.05) is 11.5 Å². The Kier molecular flexibility index (Phi) is 6.41. The van der Waals surface area contributed by atoms with Crippen LogP contribution in [0.25, 0.3) is 0 Å². The fourth-order valence-electron chi connectivity index (χ4n) is 1.78. The fraction of sp³-hybridized carbons (Fsp3) is 1.00. The highest BCUT2D eigenvalue weighted by Gasteiger charge is 2.20. The first-order chi connectivity index (χ1) is 6.68. The van der Waals surface area contributed by atoms with Gasteiger partial charge in [-0.1, -0.05) is 43.6 Å². The van der Waals surface area contributed by atoms with E-state index in [1.165, 1.54) is 0 Å². The summed E-state index contributed by atoms with van der Waals surface area (Å²) in [5.41, 5.74) is 0.228. The lowest BCUT2D eigenvalue weighted by Gasteiger charge is -2.25. The molecule has 0 saturated heterocycles. The van der Waals surface area contributed by atoms with Gasteiger partial charge in [0.05, 0.1) is 5.75 Å². The zero-order chi connectivity index (χ0) is 12.1. The van der Waals surface area contributed by atoms with Crippen molar-refractivity contribution >= 4 is 25.8 Å². The summed E-state index contributed by atoms with van der Waals surface area (Å²) in [6, 6.07) is 0. The van der Waals surface area contributed by atoms with Gasteiger partial charge in [-0.3, -0.25) is 0 Å². The molecule has 2 nitrogen and oxygen atoms in total. The van der Waals surface area contributed by atoms with Gasteiger partial charge in [0.25, 0.3) is 0 Å². The van der Waals surface area contributed by atoms with E-state index in [1.54, 1.807) is 6.92 Å². The predicted octanol–water partition coefficient (Wildman–Crippen LogP) is 3.40. The van der Waals surface area contributed by atoms with Crippen molar-refractivity contribution in [1.82, 2.24) is 0 Å². The third-order valence-electron chi connectivity index (χ3n) is 2.58. The number of alkyl halides is 1. The van der Waals surface area contributed by atoms with Crippen LogP contribution in [0.4, 0.5) is 0 Å². The van der Waals surface area contributed by atoms with Crippen LogP contribution in [0, 0.1) is 5.41 Å². The molecule has 0 N–H and O–H groups in total. The van der Waals surface area contributed by atoms with Crippen LogP contribution < -0.4 is 0 Å². The van der Waals surface area contributed by atoms with Crippen molar-refractivity contribution < 1.29 is 8.42 Å². The molecular weight excluding hydrogens is 276 g/mol. The number of rotatable bonds is 7. The molecule has 0 aromatic carbocycles. The van der Waals surface area contributed by atoms with Gasteiger partial charge in [0.15, 0.2) is 0 Å². The summed E-state index contributed by atoms with van der Waals surface area (Å²) in [7, 11) is -2.78. The minimum absolute atomic E-state index is 0.228. The van der Waals surface area contributed by atoms with E-state index in [0.29, 0.717) is 10.6 Å². The molecule has 0 aliphatic carbocycles. The monoisotopic (exact) mass is 298 g/mol. The van der Waals surface area contributed by atoms with E-state index in [-0.39, 0.29) is 11.2 Å². The molecule has 0 aliphatic heterocycles. The van der Waals surface area contributed by atoms with Crippen molar-refractivity contribution in [2.45, 2.75) is 51.8 Å². The Morgan fingerprint density at radius 3 is 2.27 bits per heavy atom. The quantitative estimate of drug-likeness (QED) is 0.675. The number of hydrogen-bond acceptors (Lipinski definition) is 2. The van der Waals surface area contributed by atoms with E-state index in [9.17, 15) is 8.42 Å². The molecule has 0 rings (SSSR count). The van der Waals surface area contributed by atoms with Gasteiger partial charge in [-0.25, -0.2) is 8.42 Å². The first-order valence-electron chi connectivity index (χ1n) is 5.53. The average molecular weight is 299 g/mol. The van der Waals surface area contributed by atoms with Gasteiger partial charge >= 0.3 is 0 Å². The normalized spacial score (nSPS) is 15.3. The number of hydrogen-bond donors (Lipinski definition) is 0. The molecule has 92 valence electrons. The van der Waals surface area contributed by atoms with E-state index in [2.05, 4.69) is 36.7 Å². The summed E-state index contributed by atoms with van der Waals surface area (Å²) in [5, 5.41) is 0. The Morgan fingerprint density at radius 1 is 1.33 bits per heavy atom. The number of sulfone groups is 1. The SMILES string of the molecule is CCS(=O)(=O)CCCC(C)(C)CC(C)Br. The first kappa shape index (κ1) is 15.4. The molecule has 0 bridgehead atoms. The Labute approximate surface area is 103 Å². The van der Waals surface area contributed by atoms with Crippen LogP contribution in [0.5, 0.6) is 0 Å². The molecule has 0 radical (unpaired) electrons. The number of halogens is 1. The molecule has 0 aromatic heterocycles. The highest BCUT2D eigenvalue weighted by molar-refractivity contribution is 9.09. The predicted molar refractivity (Wildman–Crippen MR) is 70.3 cm³/mol. The smallest absolute Gasteiger partial charge is 0.150 e. The van der Waals surface area contributed by atoms with Crippen molar-refractivity contribution in [2.24, 2.45) is 5.41 Å². The molecule has 0 fully saturated rings. The largest absolute Gasteiger partial charge is 0.229 e. The Balaban J connectivity index is 3.95. The van der Waals surface area contributed by atoms with Crippen LogP contribution >= 0.6 is 15.9 Å². The molecule has 0 spiro atoms. The third kappa shape index (κ3) is 8.26. The molecule has 0 heterocycles. The van der Waals surface area contributed by atoms with Gasteiger partial charge in [-0.2, -0.15) is 0 Å². The second-order valence-electron chi connectivity index (χ2n) is 4.99. The van der Waals surface area contributed by atoms with Crippen LogP contribution in [-0.4, -0.2) is 24.8 Å². The van der Waals surface area contributed by atoms with Crippen LogP contribution in [-0.2, 0) is 9.84 Å². The molecule has 4 heteroatoms. The topological polar surface area (TPSA) is 34.1 Å². The maximum atomic E-state index is 11.3. The summed E-state index contributed by atoms with van der Waals surface area (Å²) in [6.07, 6.45) is 2.84. The minimum Gasteiger partial charge on any atom is -0.229 e. The van der Waals surface area contributed by atoms with E-state index >= 15 is 0 Å². The maximum absolute atomic E-state index is 11.3. The van der Waals surface area contributed by atoms with Gasteiger partial charge in [-0.05, 0) is 24.7 Å².